The van der Waals surface area contributed by atoms with Crippen LogP contribution in [0, 0.1) is 0 Å². The highest BCUT2D eigenvalue weighted by atomic mass is 35.5. The third-order valence-corrected chi connectivity index (χ3v) is 4.60. The minimum absolute atomic E-state index is 0. The van der Waals surface area contributed by atoms with E-state index in [9.17, 15) is 4.79 Å². The summed E-state index contributed by atoms with van der Waals surface area (Å²) in [6.45, 7) is 8.11. The van der Waals surface area contributed by atoms with Crippen molar-refractivity contribution in [1.82, 2.24) is 14.8 Å². The molecule has 1 fully saturated rings. The van der Waals surface area contributed by atoms with Gasteiger partial charge in [0, 0.05) is 50.7 Å². The SMILES string of the molecule is CCC[C@@H](c1cn(C(C)=O)c2ccccc12)N1CCNCC1.Cl.Cl. The first-order chi connectivity index (χ1) is 10.7. The van der Waals surface area contributed by atoms with Crippen LogP contribution in [-0.2, 0) is 0 Å². The fraction of sp³-hybridized carbons (Fsp3) is 0.500. The molecule has 0 bridgehead atoms. The minimum atomic E-state index is 0. The van der Waals surface area contributed by atoms with Crippen LogP contribution in [0.3, 0.4) is 0 Å². The molecule has 0 unspecified atom stereocenters. The first-order valence-electron chi connectivity index (χ1n) is 8.28. The van der Waals surface area contributed by atoms with Crippen LogP contribution in [0.1, 0.15) is 43.1 Å². The Morgan fingerprint density at radius 3 is 2.50 bits per heavy atom. The monoisotopic (exact) mass is 371 g/mol. The molecule has 2 heterocycles. The second kappa shape index (κ2) is 9.42. The molecule has 1 atom stereocenters. The van der Waals surface area contributed by atoms with Gasteiger partial charge in [0.25, 0.3) is 0 Å². The Hall–Kier alpha value is -1.07. The first kappa shape index (κ1) is 21.0. The van der Waals surface area contributed by atoms with Crippen molar-refractivity contribution in [2.45, 2.75) is 32.7 Å². The van der Waals surface area contributed by atoms with E-state index in [0.717, 1.165) is 44.5 Å². The fourth-order valence-electron chi connectivity index (χ4n) is 3.53. The van der Waals surface area contributed by atoms with E-state index < -0.39 is 0 Å². The molecule has 0 spiro atoms. The van der Waals surface area contributed by atoms with Gasteiger partial charge in [0.2, 0.25) is 5.91 Å². The molecular weight excluding hydrogens is 345 g/mol. The zero-order valence-electron chi connectivity index (χ0n) is 14.3. The van der Waals surface area contributed by atoms with Crippen molar-refractivity contribution in [3.63, 3.8) is 0 Å². The number of benzene rings is 1. The van der Waals surface area contributed by atoms with E-state index in [2.05, 4.69) is 35.5 Å². The molecular formula is C18H27Cl2N3O. The number of para-hydroxylation sites is 1. The number of halogens is 2. The Balaban J connectivity index is 0.00000144. The van der Waals surface area contributed by atoms with E-state index in [1.807, 2.05) is 12.1 Å². The second-order valence-electron chi connectivity index (χ2n) is 6.08. The molecule has 2 aromatic rings. The van der Waals surface area contributed by atoms with E-state index in [1.165, 1.54) is 10.9 Å². The molecule has 0 amide bonds. The fourth-order valence-corrected chi connectivity index (χ4v) is 3.53. The van der Waals surface area contributed by atoms with Gasteiger partial charge in [0.05, 0.1) is 5.52 Å². The Bertz CT molecular complexity index is 665. The highest BCUT2D eigenvalue weighted by Crippen LogP contribution is 2.33. The summed E-state index contributed by atoms with van der Waals surface area (Å²) in [5.41, 5.74) is 2.33. The molecule has 1 aliphatic heterocycles. The maximum Gasteiger partial charge on any atom is 0.227 e. The van der Waals surface area contributed by atoms with Gasteiger partial charge in [0.15, 0.2) is 0 Å². The van der Waals surface area contributed by atoms with Crippen molar-refractivity contribution < 1.29 is 4.79 Å². The number of aromatic nitrogens is 1. The summed E-state index contributed by atoms with van der Waals surface area (Å²) in [5.74, 6) is 0.0815. The molecule has 24 heavy (non-hydrogen) atoms. The first-order valence-corrected chi connectivity index (χ1v) is 8.28. The molecule has 6 heteroatoms. The molecule has 134 valence electrons. The van der Waals surface area contributed by atoms with Crippen LogP contribution in [-0.4, -0.2) is 41.6 Å². The quantitative estimate of drug-likeness (QED) is 0.885. The van der Waals surface area contributed by atoms with E-state index in [0.29, 0.717) is 6.04 Å². The summed E-state index contributed by atoms with van der Waals surface area (Å²) in [5, 5.41) is 4.64. The van der Waals surface area contributed by atoms with Crippen LogP contribution >= 0.6 is 24.8 Å². The highest BCUT2D eigenvalue weighted by molar-refractivity contribution is 5.93. The lowest BCUT2D eigenvalue weighted by molar-refractivity contribution is 0.0941. The summed E-state index contributed by atoms with van der Waals surface area (Å²) in [6.07, 6.45) is 4.34. The summed E-state index contributed by atoms with van der Waals surface area (Å²) in [6, 6.07) is 8.66. The van der Waals surface area contributed by atoms with Gasteiger partial charge in [0.1, 0.15) is 0 Å². The van der Waals surface area contributed by atoms with E-state index >= 15 is 0 Å². The number of piperazine rings is 1. The van der Waals surface area contributed by atoms with Gasteiger partial charge in [-0.15, -0.1) is 24.8 Å². The van der Waals surface area contributed by atoms with E-state index in [1.54, 1.807) is 11.5 Å². The molecule has 1 aromatic carbocycles. The van der Waals surface area contributed by atoms with Gasteiger partial charge in [-0.3, -0.25) is 14.3 Å². The van der Waals surface area contributed by atoms with Gasteiger partial charge in [-0.05, 0) is 18.1 Å². The number of hydrogen-bond acceptors (Lipinski definition) is 3. The topological polar surface area (TPSA) is 37.3 Å². The third kappa shape index (κ3) is 4.12. The van der Waals surface area contributed by atoms with Crippen LogP contribution < -0.4 is 5.32 Å². The largest absolute Gasteiger partial charge is 0.314 e. The van der Waals surface area contributed by atoms with Gasteiger partial charge in [-0.25, -0.2) is 0 Å². The number of carbonyl (C=O) groups excluding carboxylic acids is 1. The molecule has 1 N–H and O–H groups in total. The summed E-state index contributed by atoms with van der Waals surface area (Å²) < 4.78 is 1.80. The highest BCUT2D eigenvalue weighted by Gasteiger charge is 2.25. The second-order valence-corrected chi connectivity index (χ2v) is 6.08. The van der Waals surface area contributed by atoms with Gasteiger partial charge in [-0.2, -0.15) is 0 Å². The van der Waals surface area contributed by atoms with Crippen molar-refractivity contribution in [2.24, 2.45) is 0 Å². The molecule has 0 aliphatic carbocycles. The molecule has 1 saturated heterocycles. The average molecular weight is 372 g/mol. The van der Waals surface area contributed by atoms with Crippen LogP contribution in [0.5, 0.6) is 0 Å². The molecule has 1 aromatic heterocycles. The normalized spacial score (nSPS) is 16.2. The maximum absolute atomic E-state index is 12.0. The summed E-state index contributed by atoms with van der Waals surface area (Å²) in [4.78, 5) is 14.5. The number of hydrogen-bond donors (Lipinski definition) is 1. The van der Waals surface area contributed by atoms with E-state index in [4.69, 9.17) is 0 Å². The Kier molecular flexibility index (Phi) is 8.23. The number of fused-ring (bicyclic) bond motifs is 1. The molecule has 1 aliphatic rings. The summed E-state index contributed by atoms with van der Waals surface area (Å²) in [7, 11) is 0. The smallest absolute Gasteiger partial charge is 0.227 e. The number of nitrogens with one attached hydrogen (secondary N) is 1. The maximum atomic E-state index is 12.0. The van der Waals surface area contributed by atoms with Gasteiger partial charge >= 0.3 is 0 Å². The van der Waals surface area contributed by atoms with Crippen LogP contribution in [0.25, 0.3) is 10.9 Å². The lowest BCUT2D eigenvalue weighted by atomic mass is 9.99. The van der Waals surface area contributed by atoms with Crippen molar-refractivity contribution in [2.75, 3.05) is 26.2 Å². The molecule has 4 nitrogen and oxygen atoms in total. The van der Waals surface area contributed by atoms with Crippen molar-refractivity contribution in [3.8, 4) is 0 Å². The molecule has 0 radical (unpaired) electrons. The lowest BCUT2D eigenvalue weighted by Gasteiger charge is -2.35. The van der Waals surface area contributed by atoms with Crippen molar-refractivity contribution in [1.29, 1.82) is 0 Å². The zero-order valence-corrected chi connectivity index (χ0v) is 16.0. The molecule has 0 saturated carbocycles. The van der Waals surface area contributed by atoms with Gasteiger partial charge < -0.3 is 5.32 Å². The number of carbonyl (C=O) groups is 1. The minimum Gasteiger partial charge on any atom is -0.314 e. The predicted octanol–water partition coefficient (Wildman–Crippen LogP) is 3.89. The lowest BCUT2D eigenvalue weighted by Crippen LogP contribution is -2.45. The summed E-state index contributed by atoms with van der Waals surface area (Å²) >= 11 is 0. The van der Waals surface area contributed by atoms with Crippen LogP contribution in [0.4, 0.5) is 0 Å². The van der Waals surface area contributed by atoms with Crippen molar-refractivity contribution in [3.05, 3.63) is 36.0 Å². The Labute approximate surface area is 156 Å². The average Bonchev–Trinajstić information content (AvgIpc) is 2.93. The number of rotatable bonds is 4. The van der Waals surface area contributed by atoms with E-state index in [-0.39, 0.29) is 30.7 Å². The zero-order chi connectivity index (χ0) is 15.5. The number of nitrogens with zero attached hydrogens (tertiary/aromatic N) is 2. The molecule has 3 rings (SSSR count). The Morgan fingerprint density at radius 2 is 1.88 bits per heavy atom. The standard InChI is InChI=1S/C18H25N3O.2ClH/c1-3-6-17(20-11-9-19-10-12-20)16-13-21(14(2)22)18-8-5-4-7-15(16)18;;/h4-5,7-8,13,17,19H,3,6,9-12H2,1-2H3;2*1H/t17-;;/m0../s1. The van der Waals surface area contributed by atoms with Crippen LogP contribution in [0.2, 0.25) is 0 Å². The van der Waals surface area contributed by atoms with Gasteiger partial charge in [-0.1, -0.05) is 31.5 Å². The predicted molar refractivity (Wildman–Crippen MR) is 105 cm³/mol. The van der Waals surface area contributed by atoms with Crippen LogP contribution in [0.15, 0.2) is 30.5 Å². The van der Waals surface area contributed by atoms with Crippen molar-refractivity contribution >= 4 is 41.6 Å². The third-order valence-electron chi connectivity index (χ3n) is 4.60. The Morgan fingerprint density at radius 1 is 1.21 bits per heavy atom.